The number of piperidine rings is 1. The fourth-order valence-corrected chi connectivity index (χ4v) is 3.29. The van der Waals surface area contributed by atoms with Gasteiger partial charge in [-0.1, -0.05) is 31.2 Å². The maximum absolute atomic E-state index is 12.7. The average molecular weight is 363 g/mol. The second-order valence-corrected chi connectivity index (χ2v) is 6.73. The van der Waals surface area contributed by atoms with Crippen LogP contribution in [0.15, 0.2) is 40.8 Å². The Hall–Kier alpha value is -1.78. The number of likely N-dealkylation sites (tertiary alicyclic amines) is 1. The van der Waals surface area contributed by atoms with Crippen molar-refractivity contribution in [2.75, 3.05) is 13.1 Å². The SMILES string of the molecule is CCc1ccc(-c2ccc(C(=O)N3CCCC(C(C)N)C3)o2)cc1.Cl. The highest BCUT2D eigenvalue weighted by Crippen LogP contribution is 2.25. The molecule has 1 fully saturated rings. The minimum atomic E-state index is -0.0308. The minimum absolute atomic E-state index is 0. The van der Waals surface area contributed by atoms with E-state index < -0.39 is 0 Å². The van der Waals surface area contributed by atoms with Crippen molar-refractivity contribution in [2.45, 2.75) is 39.2 Å². The number of nitrogens with two attached hydrogens (primary N) is 1. The van der Waals surface area contributed by atoms with Crippen LogP contribution in [0.1, 0.15) is 42.8 Å². The summed E-state index contributed by atoms with van der Waals surface area (Å²) in [5.41, 5.74) is 8.30. The molecule has 1 aromatic carbocycles. The van der Waals surface area contributed by atoms with E-state index in [0.717, 1.165) is 43.7 Å². The fraction of sp³-hybridized carbons (Fsp3) is 0.450. The topological polar surface area (TPSA) is 59.5 Å². The normalized spacial score (nSPS) is 18.5. The molecule has 0 bridgehead atoms. The second-order valence-electron chi connectivity index (χ2n) is 6.73. The monoisotopic (exact) mass is 362 g/mol. The molecule has 1 saturated heterocycles. The van der Waals surface area contributed by atoms with Gasteiger partial charge < -0.3 is 15.1 Å². The third-order valence-corrected chi connectivity index (χ3v) is 4.95. The predicted octanol–water partition coefficient (Wildman–Crippen LogP) is 4.13. The maximum Gasteiger partial charge on any atom is 0.289 e. The number of rotatable bonds is 4. The number of carbonyl (C=O) groups excluding carboxylic acids is 1. The summed E-state index contributed by atoms with van der Waals surface area (Å²) >= 11 is 0. The summed E-state index contributed by atoms with van der Waals surface area (Å²) in [4.78, 5) is 14.6. The molecule has 2 aromatic rings. The quantitative estimate of drug-likeness (QED) is 0.889. The fourth-order valence-electron chi connectivity index (χ4n) is 3.29. The molecule has 2 atom stereocenters. The highest BCUT2D eigenvalue weighted by Gasteiger charge is 2.28. The lowest BCUT2D eigenvalue weighted by Gasteiger charge is -2.34. The van der Waals surface area contributed by atoms with Crippen molar-refractivity contribution in [2.24, 2.45) is 11.7 Å². The van der Waals surface area contributed by atoms with E-state index in [-0.39, 0.29) is 24.4 Å². The summed E-state index contributed by atoms with van der Waals surface area (Å²) in [5.74, 6) is 1.49. The highest BCUT2D eigenvalue weighted by atomic mass is 35.5. The van der Waals surface area contributed by atoms with E-state index in [1.807, 2.05) is 30.0 Å². The molecule has 2 N–H and O–H groups in total. The summed E-state index contributed by atoms with van der Waals surface area (Å²) in [6.07, 6.45) is 3.11. The molecule has 136 valence electrons. The smallest absolute Gasteiger partial charge is 0.289 e. The molecule has 25 heavy (non-hydrogen) atoms. The summed E-state index contributed by atoms with van der Waals surface area (Å²) in [6.45, 7) is 5.65. The lowest BCUT2D eigenvalue weighted by atomic mass is 9.92. The number of carbonyl (C=O) groups is 1. The third-order valence-electron chi connectivity index (χ3n) is 4.95. The number of nitrogens with zero attached hydrogens (tertiary/aromatic N) is 1. The van der Waals surface area contributed by atoms with Gasteiger partial charge in [0.15, 0.2) is 5.76 Å². The number of hydrogen-bond donors (Lipinski definition) is 1. The van der Waals surface area contributed by atoms with Crippen LogP contribution in [0.25, 0.3) is 11.3 Å². The highest BCUT2D eigenvalue weighted by molar-refractivity contribution is 5.92. The van der Waals surface area contributed by atoms with E-state index >= 15 is 0 Å². The van der Waals surface area contributed by atoms with Gasteiger partial charge in [-0.15, -0.1) is 12.4 Å². The Balaban J connectivity index is 0.00000225. The summed E-state index contributed by atoms with van der Waals surface area (Å²) in [6, 6.07) is 12.0. The van der Waals surface area contributed by atoms with E-state index in [1.165, 1.54) is 5.56 Å². The molecule has 0 spiro atoms. The van der Waals surface area contributed by atoms with E-state index in [4.69, 9.17) is 10.2 Å². The van der Waals surface area contributed by atoms with Crippen LogP contribution in [0, 0.1) is 5.92 Å². The van der Waals surface area contributed by atoms with Crippen LogP contribution in [0.4, 0.5) is 0 Å². The van der Waals surface area contributed by atoms with Crippen LogP contribution in [0.5, 0.6) is 0 Å². The summed E-state index contributed by atoms with van der Waals surface area (Å²) < 4.78 is 5.83. The Morgan fingerprint density at radius 1 is 1.28 bits per heavy atom. The molecule has 5 heteroatoms. The molecule has 0 saturated carbocycles. The third kappa shape index (κ3) is 4.44. The number of aryl methyl sites for hydroxylation is 1. The van der Waals surface area contributed by atoms with Gasteiger partial charge in [-0.2, -0.15) is 0 Å². The number of amides is 1. The largest absolute Gasteiger partial charge is 0.451 e. The zero-order chi connectivity index (χ0) is 17.1. The lowest BCUT2D eigenvalue weighted by molar-refractivity contribution is 0.0630. The van der Waals surface area contributed by atoms with Gasteiger partial charge >= 0.3 is 0 Å². The lowest BCUT2D eigenvalue weighted by Crippen LogP contribution is -2.44. The predicted molar refractivity (Wildman–Crippen MR) is 103 cm³/mol. The molecule has 1 aliphatic rings. The first-order valence-corrected chi connectivity index (χ1v) is 8.82. The standard InChI is InChI=1S/C20H26N2O2.ClH/c1-3-15-6-8-16(9-7-15)18-10-11-19(24-18)20(23)22-12-4-5-17(13-22)14(2)21;/h6-11,14,17H,3-5,12-13,21H2,1-2H3;1H. The van der Waals surface area contributed by atoms with Gasteiger partial charge in [0, 0.05) is 24.7 Å². The molecule has 1 amide bonds. The zero-order valence-corrected chi connectivity index (χ0v) is 15.7. The first kappa shape index (κ1) is 19.5. The Morgan fingerprint density at radius 2 is 2.00 bits per heavy atom. The molecule has 3 rings (SSSR count). The molecule has 2 heterocycles. The minimum Gasteiger partial charge on any atom is -0.451 e. The maximum atomic E-state index is 12.7. The Bertz CT molecular complexity index is 694. The van der Waals surface area contributed by atoms with Crippen LogP contribution < -0.4 is 5.73 Å². The van der Waals surface area contributed by atoms with E-state index in [2.05, 4.69) is 19.1 Å². The second kappa shape index (κ2) is 8.54. The van der Waals surface area contributed by atoms with Crippen LogP contribution in [0.3, 0.4) is 0 Å². The number of hydrogen-bond acceptors (Lipinski definition) is 3. The Labute approximate surface area is 155 Å². The van der Waals surface area contributed by atoms with Gasteiger partial charge in [-0.3, -0.25) is 4.79 Å². The molecule has 2 unspecified atom stereocenters. The van der Waals surface area contributed by atoms with Crippen molar-refractivity contribution in [3.63, 3.8) is 0 Å². The van der Waals surface area contributed by atoms with E-state index in [1.54, 1.807) is 6.07 Å². The van der Waals surface area contributed by atoms with E-state index in [0.29, 0.717) is 11.7 Å². The van der Waals surface area contributed by atoms with Gasteiger partial charge in [0.1, 0.15) is 5.76 Å². The molecular weight excluding hydrogens is 336 g/mol. The Morgan fingerprint density at radius 3 is 2.64 bits per heavy atom. The van der Waals surface area contributed by atoms with Gasteiger partial charge in [0.25, 0.3) is 5.91 Å². The number of benzene rings is 1. The van der Waals surface area contributed by atoms with Gasteiger partial charge in [0.2, 0.25) is 0 Å². The van der Waals surface area contributed by atoms with Crippen molar-refractivity contribution in [3.8, 4) is 11.3 Å². The molecule has 0 radical (unpaired) electrons. The number of furan rings is 1. The Kier molecular flexibility index (Phi) is 6.68. The van der Waals surface area contributed by atoms with E-state index in [9.17, 15) is 4.79 Å². The molecule has 1 aliphatic heterocycles. The summed E-state index contributed by atoms with van der Waals surface area (Å²) in [7, 11) is 0. The van der Waals surface area contributed by atoms with Crippen molar-refractivity contribution in [1.82, 2.24) is 4.90 Å². The van der Waals surface area contributed by atoms with Crippen molar-refractivity contribution >= 4 is 18.3 Å². The molecular formula is C20H27ClN2O2. The van der Waals surface area contributed by atoms with Crippen LogP contribution in [-0.4, -0.2) is 29.9 Å². The van der Waals surface area contributed by atoms with Crippen LogP contribution in [0.2, 0.25) is 0 Å². The average Bonchev–Trinajstić information content (AvgIpc) is 3.11. The first-order valence-electron chi connectivity index (χ1n) is 8.82. The zero-order valence-electron chi connectivity index (χ0n) is 14.9. The molecule has 0 aliphatic carbocycles. The van der Waals surface area contributed by atoms with Gasteiger partial charge in [0.05, 0.1) is 0 Å². The van der Waals surface area contributed by atoms with Gasteiger partial charge in [-0.05, 0) is 49.8 Å². The van der Waals surface area contributed by atoms with Gasteiger partial charge in [-0.25, -0.2) is 0 Å². The molecule has 4 nitrogen and oxygen atoms in total. The van der Waals surface area contributed by atoms with Crippen LogP contribution in [-0.2, 0) is 6.42 Å². The number of halogens is 1. The van der Waals surface area contributed by atoms with Crippen LogP contribution >= 0.6 is 12.4 Å². The summed E-state index contributed by atoms with van der Waals surface area (Å²) in [5, 5.41) is 0. The van der Waals surface area contributed by atoms with Crippen molar-refractivity contribution < 1.29 is 9.21 Å². The van der Waals surface area contributed by atoms with Crippen molar-refractivity contribution in [3.05, 3.63) is 47.7 Å². The first-order chi connectivity index (χ1) is 11.6. The molecule has 1 aromatic heterocycles. The van der Waals surface area contributed by atoms with Crippen molar-refractivity contribution in [1.29, 1.82) is 0 Å².